The normalized spacial score (nSPS) is 19.5. The predicted molar refractivity (Wildman–Crippen MR) is 128 cm³/mol. The lowest BCUT2D eigenvalue weighted by atomic mass is 10.0. The van der Waals surface area contributed by atoms with Gasteiger partial charge in [-0.3, -0.25) is 4.72 Å². The van der Waals surface area contributed by atoms with Gasteiger partial charge in [-0.25, -0.2) is 17.2 Å². The molecule has 2 heterocycles. The van der Waals surface area contributed by atoms with E-state index in [2.05, 4.69) is 19.7 Å². The molecule has 1 fully saturated rings. The summed E-state index contributed by atoms with van der Waals surface area (Å²) in [5.74, 6) is -2.71. The summed E-state index contributed by atoms with van der Waals surface area (Å²) < 4.78 is 71.5. The molecule has 0 aliphatic carbocycles. The molecule has 1 aliphatic heterocycles. The second-order valence-corrected chi connectivity index (χ2v) is 12.2. The Hall–Kier alpha value is -2.09. The number of hydrogen-bond donors (Lipinski definition) is 1. The molecule has 13 heteroatoms. The SMILES string of the molecule is CC(C)C[C@@H](Oc1nc(NS(C)(=O)=O)nc(SC(C)c2cccc(F)c2F)n1)[C@@H]1COC(C)(C)O1. The van der Waals surface area contributed by atoms with Crippen LogP contribution in [0.4, 0.5) is 14.7 Å². The lowest BCUT2D eigenvalue weighted by Gasteiger charge is -2.25. The number of ether oxygens (including phenoxy) is 3. The van der Waals surface area contributed by atoms with Crippen molar-refractivity contribution in [1.82, 2.24) is 15.0 Å². The van der Waals surface area contributed by atoms with Crippen LogP contribution >= 0.6 is 11.8 Å². The minimum atomic E-state index is -3.70. The van der Waals surface area contributed by atoms with E-state index in [1.165, 1.54) is 12.1 Å². The van der Waals surface area contributed by atoms with Gasteiger partial charge in [0, 0.05) is 10.8 Å². The van der Waals surface area contributed by atoms with Crippen molar-refractivity contribution in [2.45, 2.75) is 69.4 Å². The van der Waals surface area contributed by atoms with Gasteiger partial charge in [-0.05, 0) is 39.2 Å². The van der Waals surface area contributed by atoms with Crippen LogP contribution in [0.5, 0.6) is 6.01 Å². The van der Waals surface area contributed by atoms with Crippen LogP contribution in [0.2, 0.25) is 0 Å². The van der Waals surface area contributed by atoms with Crippen molar-refractivity contribution < 1.29 is 31.4 Å². The standard InChI is InChI=1S/C22H30F2N4O5S2/c1-12(2)10-16(17-11-31-22(4,5)33-17)32-20-25-19(28-35(6,29)30)26-21(27-20)34-13(3)14-8-7-9-15(23)18(14)24/h7-9,12-13,16-17H,10-11H2,1-6H3,(H,25,26,27,28)/t13?,16-,17+/m1/s1. The molecule has 194 valence electrons. The molecule has 3 rings (SSSR count). The Morgan fingerprint density at radius 3 is 2.54 bits per heavy atom. The monoisotopic (exact) mass is 532 g/mol. The summed E-state index contributed by atoms with van der Waals surface area (Å²) in [6.07, 6.45) is 0.674. The molecule has 1 saturated heterocycles. The van der Waals surface area contributed by atoms with E-state index in [0.717, 1.165) is 24.1 Å². The molecule has 0 saturated carbocycles. The quantitative estimate of drug-likeness (QED) is 0.447. The average Bonchev–Trinajstić information content (AvgIpc) is 3.07. The number of rotatable bonds is 10. The largest absolute Gasteiger partial charge is 0.457 e. The van der Waals surface area contributed by atoms with Gasteiger partial charge in [-0.1, -0.05) is 37.7 Å². The molecule has 0 amide bonds. The molecule has 0 radical (unpaired) electrons. The van der Waals surface area contributed by atoms with Crippen molar-refractivity contribution in [3.63, 3.8) is 0 Å². The van der Waals surface area contributed by atoms with Crippen molar-refractivity contribution in [2.75, 3.05) is 17.6 Å². The van der Waals surface area contributed by atoms with E-state index in [1.807, 2.05) is 13.8 Å². The number of anilines is 1. The highest BCUT2D eigenvalue weighted by molar-refractivity contribution is 7.99. The maximum absolute atomic E-state index is 14.3. The molecule has 1 N–H and O–H groups in total. The maximum Gasteiger partial charge on any atom is 0.322 e. The van der Waals surface area contributed by atoms with Gasteiger partial charge in [0.1, 0.15) is 12.2 Å². The third-order valence-electron chi connectivity index (χ3n) is 4.98. The van der Waals surface area contributed by atoms with E-state index in [9.17, 15) is 17.2 Å². The Kier molecular flexibility index (Phi) is 8.56. The molecule has 1 unspecified atom stereocenters. The van der Waals surface area contributed by atoms with E-state index < -0.39 is 44.9 Å². The number of aromatic nitrogens is 3. The lowest BCUT2D eigenvalue weighted by molar-refractivity contribution is -0.150. The molecule has 2 aromatic rings. The molecular formula is C22H30F2N4O5S2. The minimum absolute atomic E-state index is 0.0736. The van der Waals surface area contributed by atoms with Crippen molar-refractivity contribution in [2.24, 2.45) is 5.92 Å². The fourth-order valence-corrected chi connectivity index (χ4v) is 4.80. The fourth-order valence-electron chi connectivity index (χ4n) is 3.49. The van der Waals surface area contributed by atoms with Gasteiger partial charge in [0.05, 0.1) is 12.9 Å². The smallest absolute Gasteiger partial charge is 0.322 e. The highest BCUT2D eigenvalue weighted by atomic mass is 32.2. The highest BCUT2D eigenvalue weighted by Crippen LogP contribution is 2.36. The van der Waals surface area contributed by atoms with E-state index >= 15 is 0 Å². The van der Waals surface area contributed by atoms with Crippen LogP contribution in [0.15, 0.2) is 23.4 Å². The third kappa shape index (κ3) is 7.95. The number of thioether (sulfide) groups is 1. The Morgan fingerprint density at radius 2 is 1.94 bits per heavy atom. The summed E-state index contributed by atoms with van der Waals surface area (Å²) in [4.78, 5) is 12.5. The van der Waals surface area contributed by atoms with Gasteiger partial charge in [0.15, 0.2) is 22.6 Å². The van der Waals surface area contributed by atoms with Crippen molar-refractivity contribution in [3.05, 3.63) is 35.4 Å². The molecule has 0 bridgehead atoms. The topological polar surface area (TPSA) is 113 Å². The van der Waals surface area contributed by atoms with E-state index in [0.29, 0.717) is 13.0 Å². The number of hydrogen-bond acceptors (Lipinski definition) is 9. The molecule has 0 spiro atoms. The summed E-state index contributed by atoms with van der Waals surface area (Å²) in [6, 6.07) is 3.77. The average molecular weight is 533 g/mol. The van der Waals surface area contributed by atoms with Gasteiger partial charge in [-0.2, -0.15) is 15.0 Å². The lowest BCUT2D eigenvalue weighted by Crippen LogP contribution is -2.37. The number of nitrogens with one attached hydrogen (secondary N) is 1. The second-order valence-electron chi connectivity index (χ2n) is 9.15. The first-order valence-electron chi connectivity index (χ1n) is 11.1. The number of nitrogens with zero attached hydrogens (tertiary/aromatic N) is 3. The summed E-state index contributed by atoms with van der Waals surface area (Å²) in [6.45, 7) is 9.62. The third-order valence-corrected chi connectivity index (χ3v) is 6.53. The molecule has 1 aromatic heterocycles. The van der Waals surface area contributed by atoms with Gasteiger partial charge < -0.3 is 14.2 Å². The zero-order valence-corrected chi connectivity index (χ0v) is 22.0. The van der Waals surface area contributed by atoms with Crippen LogP contribution < -0.4 is 9.46 Å². The number of sulfonamides is 1. The second kappa shape index (κ2) is 10.9. The zero-order chi connectivity index (χ0) is 26.0. The Bertz CT molecular complexity index is 1150. The van der Waals surface area contributed by atoms with Crippen molar-refractivity contribution in [3.8, 4) is 6.01 Å². The molecule has 35 heavy (non-hydrogen) atoms. The maximum atomic E-state index is 14.3. The van der Waals surface area contributed by atoms with Gasteiger partial charge in [0.25, 0.3) is 0 Å². The first-order valence-corrected chi connectivity index (χ1v) is 13.8. The predicted octanol–water partition coefficient (Wildman–Crippen LogP) is 4.32. The summed E-state index contributed by atoms with van der Waals surface area (Å²) in [5.41, 5.74) is 0.118. The highest BCUT2D eigenvalue weighted by Gasteiger charge is 2.39. The van der Waals surface area contributed by atoms with Crippen LogP contribution in [0.3, 0.4) is 0 Å². The van der Waals surface area contributed by atoms with Gasteiger partial charge in [0.2, 0.25) is 16.0 Å². The first kappa shape index (κ1) is 27.5. The first-order chi connectivity index (χ1) is 16.2. The fraction of sp³-hybridized carbons (Fsp3) is 0.591. The van der Waals surface area contributed by atoms with E-state index in [-0.39, 0.29) is 28.6 Å². The van der Waals surface area contributed by atoms with E-state index in [4.69, 9.17) is 14.2 Å². The van der Waals surface area contributed by atoms with Crippen LogP contribution in [0.25, 0.3) is 0 Å². The molecular weight excluding hydrogens is 502 g/mol. The van der Waals surface area contributed by atoms with Crippen molar-refractivity contribution >= 4 is 27.7 Å². The van der Waals surface area contributed by atoms with E-state index in [1.54, 1.807) is 20.8 Å². The van der Waals surface area contributed by atoms with Crippen LogP contribution in [-0.2, 0) is 19.5 Å². The molecule has 1 aromatic carbocycles. The molecule has 9 nitrogen and oxygen atoms in total. The summed E-state index contributed by atoms with van der Waals surface area (Å²) >= 11 is 1.01. The zero-order valence-electron chi connectivity index (χ0n) is 20.4. The Labute approximate surface area is 208 Å². The minimum Gasteiger partial charge on any atom is -0.457 e. The van der Waals surface area contributed by atoms with Crippen LogP contribution in [0.1, 0.15) is 51.9 Å². The summed E-state index contributed by atoms with van der Waals surface area (Å²) in [7, 11) is -3.70. The number of benzene rings is 1. The Morgan fingerprint density at radius 1 is 1.23 bits per heavy atom. The molecule has 1 aliphatic rings. The number of halogens is 2. The van der Waals surface area contributed by atoms with Crippen LogP contribution in [0, 0.1) is 17.6 Å². The molecule has 3 atom stereocenters. The van der Waals surface area contributed by atoms with Gasteiger partial charge in [-0.15, -0.1) is 0 Å². The van der Waals surface area contributed by atoms with Crippen molar-refractivity contribution in [1.29, 1.82) is 0 Å². The Balaban J connectivity index is 1.91. The summed E-state index contributed by atoms with van der Waals surface area (Å²) in [5, 5.41) is -0.518. The van der Waals surface area contributed by atoms with Gasteiger partial charge >= 0.3 is 6.01 Å². The van der Waals surface area contributed by atoms with Crippen LogP contribution in [-0.4, -0.2) is 54.2 Å².